The Hall–Kier alpha value is -1.42. The van der Waals surface area contributed by atoms with Gasteiger partial charge >= 0.3 is 5.97 Å². The minimum atomic E-state index is -0.428. The van der Waals surface area contributed by atoms with Gasteiger partial charge in [0, 0.05) is 5.69 Å². The van der Waals surface area contributed by atoms with E-state index in [9.17, 15) is 4.79 Å². The first-order valence-corrected chi connectivity index (χ1v) is 5.24. The number of anilines is 1. The molecule has 0 radical (unpaired) electrons. The summed E-state index contributed by atoms with van der Waals surface area (Å²) in [5, 5.41) is 0.373. The highest BCUT2D eigenvalue weighted by Crippen LogP contribution is 2.26. The monoisotopic (exact) mass is 243 g/mol. The van der Waals surface area contributed by atoms with Crippen molar-refractivity contribution >= 4 is 23.3 Å². The zero-order valence-electron chi connectivity index (χ0n) is 9.20. The second-order valence-electron chi connectivity index (χ2n) is 3.52. The molecule has 0 heterocycles. The molecule has 0 atom stereocenters. The van der Waals surface area contributed by atoms with Crippen LogP contribution >= 0.6 is 11.6 Å². The van der Waals surface area contributed by atoms with Crippen LogP contribution in [-0.2, 0) is 9.53 Å². The van der Waals surface area contributed by atoms with Gasteiger partial charge in [-0.3, -0.25) is 0 Å². The summed E-state index contributed by atoms with van der Waals surface area (Å²) < 4.78 is 10.1. The van der Waals surface area contributed by atoms with Crippen molar-refractivity contribution in [1.82, 2.24) is 0 Å². The molecule has 0 fully saturated rings. The lowest BCUT2D eigenvalue weighted by Crippen LogP contribution is -2.18. The van der Waals surface area contributed by atoms with Crippen molar-refractivity contribution < 1.29 is 14.3 Å². The second kappa shape index (κ2) is 5.61. The smallest absolute Gasteiger partial charge is 0.344 e. The predicted molar refractivity (Wildman–Crippen MR) is 62.6 cm³/mol. The summed E-state index contributed by atoms with van der Waals surface area (Å²) in [4.78, 5) is 11.2. The first kappa shape index (κ1) is 12.6. The van der Waals surface area contributed by atoms with E-state index in [1.165, 1.54) is 0 Å². The van der Waals surface area contributed by atoms with Crippen LogP contribution in [0.25, 0.3) is 0 Å². The number of carbonyl (C=O) groups excluding carboxylic acids is 1. The van der Waals surface area contributed by atoms with Gasteiger partial charge in [-0.05, 0) is 32.0 Å². The average Bonchev–Trinajstić information content (AvgIpc) is 2.15. The van der Waals surface area contributed by atoms with Gasteiger partial charge in [-0.15, -0.1) is 0 Å². The Morgan fingerprint density at radius 1 is 1.50 bits per heavy atom. The molecule has 2 N–H and O–H groups in total. The van der Waals surface area contributed by atoms with E-state index in [1.807, 2.05) is 0 Å². The first-order valence-electron chi connectivity index (χ1n) is 4.86. The van der Waals surface area contributed by atoms with E-state index in [4.69, 9.17) is 26.8 Å². The van der Waals surface area contributed by atoms with Gasteiger partial charge in [0.25, 0.3) is 0 Å². The molecule has 5 heteroatoms. The SMILES string of the molecule is CC(C)OC(=O)COc1ccc(N)cc1Cl. The van der Waals surface area contributed by atoms with E-state index in [2.05, 4.69) is 0 Å². The Bertz CT molecular complexity index is 379. The van der Waals surface area contributed by atoms with Crippen molar-refractivity contribution in [1.29, 1.82) is 0 Å². The van der Waals surface area contributed by atoms with E-state index in [-0.39, 0.29) is 12.7 Å². The van der Waals surface area contributed by atoms with Crippen LogP contribution in [0, 0.1) is 0 Å². The normalized spacial score (nSPS) is 10.2. The summed E-state index contributed by atoms with van der Waals surface area (Å²) in [6.45, 7) is 3.38. The van der Waals surface area contributed by atoms with Crippen LogP contribution in [0.1, 0.15) is 13.8 Å². The number of hydrogen-bond donors (Lipinski definition) is 1. The van der Waals surface area contributed by atoms with Crippen LogP contribution in [0.4, 0.5) is 5.69 Å². The molecule has 0 amide bonds. The van der Waals surface area contributed by atoms with Crippen molar-refractivity contribution in [3.8, 4) is 5.75 Å². The lowest BCUT2D eigenvalue weighted by atomic mass is 10.3. The van der Waals surface area contributed by atoms with Crippen LogP contribution in [0.3, 0.4) is 0 Å². The topological polar surface area (TPSA) is 61.5 Å². The lowest BCUT2D eigenvalue weighted by Gasteiger charge is -2.10. The third-order valence-corrected chi connectivity index (χ3v) is 1.96. The Balaban J connectivity index is 2.51. The average molecular weight is 244 g/mol. The van der Waals surface area contributed by atoms with E-state index in [0.717, 1.165) is 0 Å². The molecule has 0 saturated carbocycles. The summed E-state index contributed by atoms with van der Waals surface area (Å²) in [6.07, 6.45) is -0.155. The van der Waals surface area contributed by atoms with Crippen molar-refractivity contribution in [2.24, 2.45) is 0 Å². The Morgan fingerprint density at radius 3 is 2.75 bits per heavy atom. The molecule has 88 valence electrons. The Labute approximate surface area is 99.3 Å². The van der Waals surface area contributed by atoms with E-state index < -0.39 is 5.97 Å². The summed E-state index contributed by atoms with van der Waals surface area (Å²) in [5.74, 6) is -0.0144. The van der Waals surface area contributed by atoms with Gasteiger partial charge in [-0.2, -0.15) is 0 Å². The number of benzene rings is 1. The molecular formula is C11H14ClNO3. The van der Waals surface area contributed by atoms with E-state index >= 15 is 0 Å². The quantitative estimate of drug-likeness (QED) is 0.651. The van der Waals surface area contributed by atoms with Gasteiger partial charge in [0.1, 0.15) is 5.75 Å². The highest BCUT2D eigenvalue weighted by Gasteiger charge is 2.08. The number of nitrogens with two attached hydrogens (primary N) is 1. The molecular weight excluding hydrogens is 230 g/mol. The maximum Gasteiger partial charge on any atom is 0.344 e. The summed E-state index contributed by atoms with van der Waals surface area (Å²) in [7, 11) is 0. The number of nitrogen functional groups attached to an aromatic ring is 1. The van der Waals surface area contributed by atoms with Gasteiger partial charge in [0.05, 0.1) is 11.1 Å². The summed E-state index contributed by atoms with van der Waals surface area (Å²) >= 11 is 5.86. The molecule has 0 aliphatic heterocycles. The van der Waals surface area contributed by atoms with Gasteiger partial charge in [0.15, 0.2) is 6.61 Å². The molecule has 4 nitrogen and oxygen atoms in total. The number of ether oxygens (including phenoxy) is 2. The first-order chi connectivity index (χ1) is 7.49. The van der Waals surface area contributed by atoms with Gasteiger partial charge in [-0.25, -0.2) is 4.79 Å². The van der Waals surface area contributed by atoms with Crippen molar-refractivity contribution in [3.05, 3.63) is 23.2 Å². The molecule has 0 unspecified atom stereocenters. The lowest BCUT2D eigenvalue weighted by molar-refractivity contribution is -0.149. The van der Waals surface area contributed by atoms with Crippen molar-refractivity contribution in [3.63, 3.8) is 0 Å². The molecule has 0 aliphatic rings. The third-order valence-electron chi connectivity index (χ3n) is 1.67. The number of carbonyl (C=O) groups is 1. The standard InChI is InChI=1S/C11H14ClNO3/c1-7(2)16-11(14)6-15-10-4-3-8(13)5-9(10)12/h3-5,7H,6,13H2,1-2H3. The highest BCUT2D eigenvalue weighted by molar-refractivity contribution is 6.32. The number of esters is 1. The minimum Gasteiger partial charge on any atom is -0.480 e. The van der Waals surface area contributed by atoms with Crippen LogP contribution in [0.5, 0.6) is 5.75 Å². The van der Waals surface area contributed by atoms with Crippen LogP contribution in [0.15, 0.2) is 18.2 Å². The molecule has 1 aromatic carbocycles. The second-order valence-corrected chi connectivity index (χ2v) is 3.92. The molecule has 0 spiro atoms. The van der Waals surface area contributed by atoms with Gasteiger partial charge < -0.3 is 15.2 Å². The minimum absolute atomic E-state index is 0.155. The molecule has 1 rings (SSSR count). The van der Waals surface area contributed by atoms with Crippen LogP contribution < -0.4 is 10.5 Å². The molecule has 0 bridgehead atoms. The fraction of sp³-hybridized carbons (Fsp3) is 0.364. The maximum atomic E-state index is 11.2. The Morgan fingerprint density at radius 2 is 2.19 bits per heavy atom. The maximum absolute atomic E-state index is 11.2. The summed E-state index contributed by atoms with van der Waals surface area (Å²) in [6, 6.07) is 4.82. The molecule has 0 aromatic heterocycles. The Kier molecular flexibility index (Phi) is 4.43. The molecule has 1 aromatic rings. The van der Waals surface area contributed by atoms with Crippen molar-refractivity contribution in [2.75, 3.05) is 12.3 Å². The largest absolute Gasteiger partial charge is 0.480 e. The molecule has 0 aliphatic carbocycles. The molecule has 16 heavy (non-hydrogen) atoms. The van der Waals surface area contributed by atoms with Gasteiger partial charge in [-0.1, -0.05) is 11.6 Å². The summed E-state index contributed by atoms with van der Waals surface area (Å²) in [5.41, 5.74) is 6.06. The fourth-order valence-electron chi connectivity index (χ4n) is 1.07. The fourth-order valence-corrected chi connectivity index (χ4v) is 1.31. The van der Waals surface area contributed by atoms with E-state index in [0.29, 0.717) is 16.5 Å². The third kappa shape index (κ3) is 3.98. The van der Waals surface area contributed by atoms with Crippen LogP contribution in [0.2, 0.25) is 5.02 Å². The number of halogens is 1. The molecule has 0 saturated heterocycles. The van der Waals surface area contributed by atoms with E-state index in [1.54, 1.807) is 32.0 Å². The van der Waals surface area contributed by atoms with Crippen LogP contribution in [-0.4, -0.2) is 18.7 Å². The van der Waals surface area contributed by atoms with Crippen molar-refractivity contribution in [2.45, 2.75) is 20.0 Å². The predicted octanol–water partition coefficient (Wildman–Crippen LogP) is 2.25. The van der Waals surface area contributed by atoms with Gasteiger partial charge in [0.2, 0.25) is 0 Å². The zero-order chi connectivity index (χ0) is 12.1. The number of rotatable bonds is 4. The highest BCUT2D eigenvalue weighted by atomic mass is 35.5. The number of hydrogen-bond acceptors (Lipinski definition) is 4. The zero-order valence-corrected chi connectivity index (χ0v) is 9.95.